The third kappa shape index (κ3) is 30.7. The van der Waals surface area contributed by atoms with E-state index in [9.17, 15) is 61.0 Å². The van der Waals surface area contributed by atoms with Crippen molar-refractivity contribution in [3.8, 4) is 0 Å². The molecule has 19 heteroatoms. The van der Waals surface area contributed by atoms with Gasteiger partial charge in [0.2, 0.25) is 5.91 Å². The molecule has 0 radical (unpaired) electrons. The molecule has 3 heterocycles. The van der Waals surface area contributed by atoms with Gasteiger partial charge in [-0.2, -0.15) is 0 Å². The van der Waals surface area contributed by atoms with Gasteiger partial charge >= 0.3 is 0 Å². The predicted molar refractivity (Wildman–Crippen MR) is 327 cm³/mol. The highest BCUT2D eigenvalue weighted by Gasteiger charge is 2.53. The van der Waals surface area contributed by atoms with Gasteiger partial charge in [-0.3, -0.25) is 4.79 Å². The number of rotatable bonds is 46. The Kier molecular flexibility index (Phi) is 42.6. The molecule has 17 atom stereocenters. The Bertz CT molecular complexity index is 1920. The molecule has 0 aromatic heterocycles. The highest BCUT2D eigenvalue weighted by molar-refractivity contribution is 5.76. The minimum atomic E-state index is -1.99. The van der Waals surface area contributed by atoms with Crippen molar-refractivity contribution in [3.05, 3.63) is 97.2 Å². The summed E-state index contributed by atoms with van der Waals surface area (Å²) in [7, 11) is 0. The van der Waals surface area contributed by atoms with E-state index in [4.69, 9.17) is 28.4 Å². The Morgan fingerprint density at radius 2 is 0.824 bits per heavy atom. The number of ether oxygens (including phenoxy) is 6. The van der Waals surface area contributed by atoms with E-state index in [1.807, 2.05) is 6.08 Å². The van der Waals surface area contributed by atoms with E-state index in [-0.39, 0.29) is 18.9 Å². The first kappa shape index (κ1) is 76.0. The first-order chi connectivity index (χ1) is 41.3. The van der Waals surface area contributed by atoms with Crippen molar-refractivity contribution in [2.75, 3.05) is 26.4 Å². The van der Waals surface area contributed by atoms with Crippen LogP contribution in [0.25, 0.3) is 0 Å². The second-order valence-electron chi connectivity index (χ2n) is 22.5. The van der Waals surface area contributed by atoms with Crippen molar-refractivity contribution in [1.82, 2.24) is 5.32 Å². The molecule has 3 aliphatic heterocycles. The second kappa shape index (κ2) is 47.7. The number of hydrogen-bond donors (Lipinski definition) is 12. The number of nitrogens with one attached hydrogen (secondary N) is 1. The Labute approximate surface area is 507 Å². The van der Waals surface area contributed by atoms with Crippen LogP contribution in [0.2, 0.25) is 0 Å². The molecular weight excluding hydrogens is 1090 g/mol. The molecule has 85 heavy (non-hydrogen) atoms. The van der Waals surface area contributed by atoms with Crippen LogP contribution in [0.3, 0.4) is 0 Å². The average Bonchev–Trinajstić information content (AvgIpc) is 2.72. The molecule has 3 saturated heterocycles. The van der Waals surface area contributed by atoms with Gasteiger partial charge in [0.15, 0.2) is 18.9 Å². The predicted octanol–water partition coefficient (Wildman–Crippen LogP) is 6.93. The first-order valence-corrected chi connectivity index (χ1v) is 32.0. The van der Waals surface area contributed by atoms with Crippen LogP contribution in [0.5, 0.6) is 0 Å². The molecule has 0 aromatic carbocycles. The maximum absolute atomic E-state index is 13.4. The van der Waals surface area contributed by atoms with E-state index in [2.05, 4.69) is 104 Å². The third-order valence-corrected chi connectivity index (χ3v) is 15.3. The van der Waals surface area contributed by atoms with Crippen LogP contribution in [0, 0.1) is 0 Å². The molecule has 19 nitrogen and oxygen atoms in total. The van der Waals surface area contributed by atoms with Gasteiger partial charge < -0.3 is 89.9 Å². The minimum absolute atomic E-state index is 0.222. The van der Waals surface area contributed by atoms with Crippen LogP contribution in [0.4, 0.5) is 0 Å². The fourth-order valence-electron chi connectivity index (χ4n) is 10.1. The summed E-state index contributed by atoms with van der Waals surface area (Å²) in [6.45, 7) is 1.52. The van der Waals surface area contributed by atoms with Crippen LogP contribution >= 0.6 is 0 Å². The smallest absolute Gasteiger partial charge is 0.220 e. The number of aliphatic hydroxyl groups excluding tert-OH is 11. The summed E-state index contributed by atoms with van der Waals surface area (Å²) in [5, 5.41) is 120. The zero-order valence-corrected chi connectivity index (χ0v) is 51.0. The Balaban J connectivity index is 1.44. The van der Waals surface area contributed by atoms with Gasteiger partial charge in [-0.1, -0.05) is 182 Å². The summed E-state index contributed by atoms with van der Waals surface area (Å²) in [6, 6.07) is -1.00. The Morgan fingerprint density at radius 1 is 0.435 bits per heavy atom. The van der Waals surface area contributed by atoms with E-state index < -0.39 is 124 Å². The lowest BCUT2D eigenvalue weighted by molar-refractivity contribution is -0.379. The minimum Gasteiger partial charge on any atom is -0.394 e. The van der Waals surface area contributed by atoms with Gasteiger partial charge in [0.25, 0.3) is 0 Å². The van der Waals surface area contributed by atoms with E-state index in [1.54, 1.807) is 6.08 Å². The summed E-state index contributed by atoms with van der Waals surface area (Å²) < 4.78 is 34.2. The lowest BCUT2D eigenvalue weighted by Gasteiger charge is -2.48. The monoisotopic (exact) mass is 1210 g/mol. The number of unbranched alkanes of at least 4 members (excludes halogenated alkanes) is 16. The molecule has 0 aliphatic carbocycles. The number of hydrogen-bond acceptors (Lipinski definition) is 18. The normalized spacial score (nSPS) is 29.6. The Morgan fingerprint density at radius 3 is 1.32 bits per heavy atom. The molecular formula is C66H111NO18. The van der Waals surface area contributed by atoms with Gasteiger partial charge in [-0.15, -0.1) is 0 Å². The lowest BCUT2D eigenvalue weighted by atomic mass is 9.96. The lowest BCUT2D eigenvalue weighted by Crippen LogP contribution is -2.66. The van der Waals surface area contributed by atoms with Crippen LogP contribution in [-0.4, -0.2) is 193 Å². The van der Waals surface area contributed by atoms with Crippen molar-refractivity contribution in [2.24, 2.45) is 0 Å². The molecule has 488 valence electrons. The quantitative estimate of drug-likeness (QED) is 0.0217. The standard InChI is InChI=1S/C66H111NO18/c1-3-5-7-9-11-13-15-17-18-19-20-21-22-23-24-25-26-27-28-29-30-32-34-36-38-40-42-44-54(72)67-49(50(71)43-41-39-37-35-33-31-16-14-12-10-8-6-4-2)48-80-64-60(78)57(75)62(52(46-69)82-64)85-66-61(79)58(76)63(53(47-70)83-66)84-65-59(77)56(74)55(73)51(45-68)81-65/h5,7,11-14,17-18,20-21,23-24,33,35,41,43,49-53,55-66,68-71,73-79H,3-4,6,8-10,15-16,19,22,25-32,34,36-40,42,44-48H2,1-2H3,(H,67,72)/b7-5-,13-11-,14-12+,18-17-,21-20-,24-23-,35-33+,43-41+. The highest BCUT2D eigenvalue weighted by Crippen LogP contribution is 2.33. The molecule has 3 rings (SSSR count). The van der Waals surface area contributed by atoms with E-state index in [0.29, 0.717) is 12.8 Å². The van der Waals surface area contributed by atoms with Crippen LogP contribution in [0.15, 0.2) is 97.2 Å². The molecule has 17 unspecified atom stereocenters. The average molecular weight is 1210 g/mol. The van der Waals surface area contributed by atoms with E-state index >= 15 is 0 Å². The zero-order chi connectivity index (χ0) is 61.9. The van der Waals surface area contributed by atoms with Crippen LogP contribution in [0.1, 0.15) is 181 Å². The fraction of sp³-hybridized carbons (Fsp3) is 0.742. The molecule has 3 fully saturated rings. The van der Waals surface area contributed by atoms with Crippen LogP contribution in [-0.2, 0) is 33.2 Å². The van der Waals surface area contributed by atoms with Crippen molar-refractivity contribution < 1.29 is 89.4 Å². The molecule has 3 aliphatic rings. The summed E-state index contributed by atoms with van der Waals surface area (Å²) in [5.74, 6) is -0.299. The van der Waals surface area contributed by atoms with Crippen molar-refractivity contribution in [3.63, 3.8) is 0 Å². The molecule has 0 saturated carbocycles. The number of aliphatic hydroxyl groups is 11. The number of carbonyl (C=O) groups excluding carboxylic acids is 1. The first-order valence-electron chi connectivity index (χ1n) is 32.0. The number of allylic oxidation sites excluding steroid dienone is 15. The van der Waals surface area contributed by atoms with Gasteiger partial charge in [-0.25, -0.2) is 0 Å². The summed E-state index contributed by atoms with van der Waals surface area (Å²) in [4.78, 5) is 13.4. The van der Waals surface area contributed by atoms with E-state index in [0.717, 1.165) is 89.9 Å². The molecule has 1 amide bonds. The Hall–Kier alpha value is -3.29. The molecule has 0 bridgehead atoms. The van der Waals surface area contributed by atoms with Gasteiger partial charge in [0.1, 0.15) is 73.2 Å². The number of amides is 1. The maximum atomic E-state index is 13.4. The van der Waals surface area contributed by atoms with Crippen molar-refractivity contribution >= 4 is 5.91 Å². The molecule has 0 spiro atoms. The van der Waals surface area contributed by atoms with Gasteiger partial charge in [0.05, 0.1) is 38.6 Å². The summed E-state index contributed by atoms with van der Waals surface area (Å²) in [5.41, 5.74) is 0. The molecule has 0 aromatic rings. The van der Waals surface area contributed by atoms with Crippen molar-refractivity contribution in [1.29, 1.82) is 0 Å². The summed E-state index contributed by atoms with van der Waals surface area (Å²) in [6.07, 6.45) is 33.9. The topological polar surface area (TPSA) is 307 Å². The largest absolute Gasteiger partial charge is 0.394 e. The highest BCUT2D eigenvalue weighted by atomic mass is 16.8. The second-order valence-corrected chi connectivity index (χ2v) is 22.5. The van der Waals surface area contributed by atoms with E-state index in [1.165, 1.54) is 57.8 Å². The van der Waals surface area contributed by atoms with Gasteiger partial charge in [0, 0.05) is 6.42 Å². The molecule has 12 N–H and O–H groups in total. The van der Waals surface area contributed by atoms with Crippen molar-refractivity contribution in [2.45, 2.75) is 285 Å². The third-order valence-electron chi connectivity index (χ3n) is 15.3. The fourth-order valence-corrected chi connectivity index (χ4v) is 10.1. The zero-order valence-electron chi connectivity index (χ0n) is 51.0. The number of carbonyl (C=O) groups is 1. The summed E-state index contributed by atoms with van der Waals surface area (Å²) >= 11 is 0. The maximum Gasteiger partial charge on any atom is 0.220 e. The van der Waals surface area contributed by atoms with Gasteiger partial charge in [-0.05, 0) is 89.9 Å². The SMILES string of the molecule is CC/C=C\C/C=C\C/C=C\C/C=C\C/C=C\CCCCCCCCCCCCCC(=O)NC(COC1OC(CO)C(OC2OC(CO)C(OC3OC(CO)C(O)C(O)C3O)C(O)C2O)C(O)C1O)C(O)/C=C/CC/C=C/CC/C=C/CCCCC. The van der Waals surface area contributed by atoms with Crippen LogP contribution < -0.4 is 5.32 Å².